The van der Waals surface area contributed by atoms with Crippen LogP contribution in [0.25, 0.3) is 0 Å². The number of anilines is 1. The molecule has 0 saturated carbocycles. The molecule has 0 aliphatic carbocycles. The van der Waals surface area contributed by atoms with E-state index in [0.717, 1.165) is 18.8 Å². The number of ether oxygens (including phenoxy) is 1. The van der Waals surface area contributed by atoms with Gasteiger partial charge < -0.3 is 14.5 Å². The van der Waals surface area contributed by atoms with Gasteiger partial charge in [0.1, 0.15) is 11.6 Å². The van der Waals surface area contributed by atoms with Crippen molar-refractivity contribution in [3.8, 4) is 5.75 Å². The molecule has 1 aliphatic rings. The zero-order chi connectivity index (χ0) is 16.9. The lowest BCUT2D eigenvalue weighted by atomic mass is 10.2. The summed E-state index contributed by atoms with van der Waals surface area (Å²) in [4.78, 5) is 20.2. The summed E-state index contributed by atoms with van der Waals surface area (Å²) < 4.78 is 18.5. The number of nitrogens with zero attached hydrogens (tertiary/aromatic N) is 3. The summed E-state index contributed by atoms with van der Waals surface area (Å²) in [6, 6.07) is 7.95. The second-order valence-electron chi connectivity index (χ2n) is 5.44. The molecule has 2 heterocycles. The highest BCUT2D eigenvalue weighted by Crippen LogP contribution is 2.21. The Morgan fingerprint density at radius 2 is 1.88 bits per heavy atom. The van der Waals surface area contributed by atoms with Gasteiger partial charge in [-0.1, -0.05) is 11.6 Å². The molecule has 24 heavy (non-hydrogen) atoms. The Morgan fingerprint density at radius 3 is 2.54 bits per heavy atom. The lowest BCUT2D eigenvalue weighted by Crippen LogP contribution is -2.50. The van der Waals surface area contributed by atoms with Crippen LogP contribution in [0.2, 0.25) is 5.02 Å². The number of halogens is 2. The predicted molar refractivity (Wildman–Crippen MR) is 89.9 cm³/mol. The minimum absolute atomic E-state index is 0.0223. The van der Waals surface area contributed by atoms with E-state index in [1.807, 2.05) is 12.1 Å². The van der Waals surface area contributed by atoms with Crippen LogP contribution >= 0.6 is 11.6 Å². The van der Waals surface area contributed by atoms with Crippen molar-refractivity contribution in [1.82, 2.24) is 9.88 Å². The normalized spacial score (nSPS) is 14.6. The molecular weight excluding hydrogens is 333 g/mol. The fourth-order valence-corrected chi connectivity index (χ4v) is 2.74. The summed E-state index contributed by atoms with van der Waals surface area (Å²) in [5.41, 5.74) is 1.11. The van der Waals surface area contributed by atoms with Crippen molar-refractivity contribution in [2.75, 3.05) is 37.7 Å². The van der Waals surface area contributed by atoms with Gasteiger partial charge in [-0.15, -0.1) is 0 Å². The molecule has 1 saturated heterocycles. The smallest absolute Gasteiger partial charge is 0.260 e. The zero-order valence-corrected chi connectivity index (χ0v) is 13.7. The lowest BCUT2D eigenvalue weighted by Gasteiger charge is -2.36. The van der Waals surface area contributed by atoms with Gasteiger partial charge in [0.2, 0.25) is 0 Å². The number of hydrogen-bond donors (Lipinski definition) is 0. The molecule has 5 nitrogen and oxygen atoms in total. The number of pyridine rings is 1. The molecule has 1 fully saturated rings. The highest BCUT2D eigenvalue weighted by molar-refractivity contribution is 6.30. The molecule has 126 valence electrons. The van der Waals surface area contributed by atoms with Gasteiger partial charge in [-0.3, -0.25) is 9.78 Å². The van der Waals surface area contributed by atoms with Crippen molar-refractivity contribution in [1.29, 1.82) is 0 Å². The van der Waals surface area contributed by atoms with Gasteiger partial charge in [-0.25, -0.2) is 4.39 Å². The predicted octanol–water partition coefficient (Wildman–Crippen LogP) is 2.60. The van der Waals surface area contributed by atoms with Crippen molar-refractivity contribution >= 4 is 23.2 Å². The minimum Gasteiger partial charge on any atom is -0.484 e. The Balaban J connectivity index is 1.49. The average molecular weight is 350 g/mol. The summed E-state index contributed by atoms with van der Waals surface area (Å²) in [5.74, 6) is -0.224. The monoisotopic (exact) mass is 349 g/mol. The van der Waals surface area contributed by atoms with E-state index in [2.05, 4.69) is 9.88 Å². The Kier molecular flexibility index (Phi) is 5.15. The Hall–Kier alpha value is -2.34. The minimum atomic E-state index is -0.512. The molecule has 0 atom stereocenters. The summed E-state index contributed by atoms with van der Waals surface area (Å²) in [7, 11) is 0. The van der Waals surface area contributed by atoms with Gasteiger partial charge in [0, 0.05) is 50.3 Å². The van der Waals surface area contributed by atoms with Gasteiger partial charge in [0.15, 0.2) is 6.61 Å². The number of hydrogen-bond acceptors (Lipinski definition) is 4. The third kappa shape index (κ3) is 3.94. The second-order valence-corrected chi connectivity index (χ2v) is 5.85. The molecule has 0 unspecified atom stereocenters. The van der Waals surface area contributed by atoms with Crippen molar-refractivity contribution in [2.24, 2.45) is 0 Å². The molecule has 1 amide bonds. The first kappa shape index (κ1) is 16.5. The summed E-state index contributed by atoms with van der Waals surface area (Å²) in [5, 5.41) is -0.0223. The van der Waals surface area contributed by atoms with Crippen LogP contribution in [0.1, 0.15) is 0 Å². The topological polar surface area (TPSA) is 45.7 Å². The van der Waals surface area contributed by atoms with Crippen LogP contribution in [0.15, 0.2) is 42.7 Å². The van der Waals surface area contributed by atoms with Crippen molar-refractivity contribution in [3.63, 3.8) is 0 Å². The van der Waals surface area contributed by atoms with Crippen LogP contribution in [0.5, 0.6) is 5.75 Å². The van der Waals surface area contributed by atoms with Crippen molar-refractivity contribution in [2.45, 2.75) is 0 Å². The molecule has 3 rings (SSSR count). The number of benzene rings is 1. The molecule has 1 aromatic carbocycles. The summed E-state index contributed by atoms with van der Waals surface area (Å²) >= 11 is 5.69. The van der Waals surface area contributed by atoms with E-state index in [1.54, 1.807) is 17.3 Å². The van der Waals surface area contributed by atoms with Gasteiger partial charge in [-0.05, 0) is 24.3 Å². The van der Waals surface area contributed by atoms with E-state index in [1.165, 1.54) is 18.2 Å². The maximum Gasteiger partial charge on any atom is 0.260 e. The number of rotatable bonds is 4. The molecule has 0 spiro atoms. The molecule has 0 bridgehead atoms. The highest BCUT2D eigenvalue weighted by atomic mass is 35.5. The Morgan fingerprint density at radius 1 is 1.17 bits per heavy atom. The molecule has 0 N–H and O–H groups in total. The number of amides is 1. The van der Waals surface area contributed by atoms with Crippen LogP contribution < -0.4 is 9.64 Å². The first-order valence-electron chi connectivity index (χ1n) is 7.64. The van der Waals surface area contributed by atoms with Crippen molar-refractivity contribution < 1.29 is 13.9 Å². The average Bonchev–Trinajstić information content (AvgIpc) is 2.63. The number of carbonyl (C=O) groups excluding carboxylic acids is 1. The first-order chi connectivity index (χ1) is 11.6. The van der Waals surface area contributed by atoms with Crippen LogP contribution in [-0.2, 0) is 4.79 Å². The molecule has 0 radical (unpaired) electrons. The molecule has 7 heteroatoms. The molecular formula is C17H17ClFN3O2. The van der Waals surface area contributed by atoms with Gasteiger partial charge in [-0.2, -0.15) is 0 Å². The number of carbonyl (C=O) groups is 1. The number of aromatic nitrogens is 1. The van der Waals surface area contributed by atoms with Gasteiger partial charge in [0.05, 0.1) is 5.02 Å². The zero-order valence-electron chi connectivity index (χ0n) is 13.0. The van der Waals surface area contributed by atoms with Crippen LogP contribution in [0, 0.1) is 5.82 Å². The summed E-state index contributed by atoms with van der Waals surface area (Å²) in [6.07, 6.45) is 3.52. The van der Waals surface area contributed by atoms with E-state index < -0.39 is 5.82 Å². The largest absolute Gasteiger partial charge is 0.484 e. The van der Waals surface area contributed by atoms with Crippen molar-refractivity contribution in [3.05, 3.63) is 53.6 Å². The van der Waals surface area contributed by atoms with E-state index in [4.69, 9.17) is 16.3 Å². The SMILES string of the molecule is O=C(COc1ccc(F)c(Cl)c1)N1CCN(c2ccncc2)CC1. The fraction of sp³-hybridized carbons (Fsp3) is 0.294. The Labute approximate surface area is 144 Å². The third-order valence-corrected chi connectivity index (χ3v) is 4.20. The van der Waals surface area contributed by atoms with Gasteiger partial charge in [0.25, 0.3) is 5.91 Å². The molecule has 1 aliphatic heterocycles. The Bertz CT molecular complexity index is 706. The number of piperazine rings is 1. The maximum atomic E-state index is 13.1. The van der Waals surface area contributed by atoms with E-state index in [0.29, 0.717) is 18.8 Å². The van der Waals surface area contributed by atoms with E-state index >= 15 is 0 Å². The quantitative estimate of drug-likeness (QED) is 0.851. The van der Waals surface area contributed by atoms with Crippen LogP contribution in [0.4, 0.5) is 10.1 Å². The molecule has 1 aromatic heterocycles. The standard InChI is InChI=1S/C17H17ClFN3O2/c18-15-11-14(1-2-16(15)19)24-12-17(23)22-9-7-21(8-10-22)13-3-5-20-6-4-13/h1-6,11H,7-10,12H2. The maximum absolute atomic E-state index is 13.1. The highest BCUT2D eigenvalue weighted by Gasteiger charge is 2.21. The lowest BCUT2D eigenvalue weighted by molar-refractivity contribution is -0.133. The first-order valence-corrected chi connectivity index (χ1v) is 8.02. The van der Waals surface area contributed by atoms with E-state index in [9.17, 15) is 9.18 Å². The summed E-state index contributed by atoms with van der Waals surface area (Å²) in [6.45, 7) is 2.71. The van der Waals surface area contributed by atoms with Crippen LogP contribution in [0.3, 0.4) is 0 Å². The third-order valence-electron chi connectivity index (χ3n) is 3.91. The van der Waals surface area contributed by atoms with Gasteiger partial charge >= 0.3 is 0 Å². The van der Waals surface area contributed by atoms with Crippen LogP contribution in [-0.4, -0.2) is 48.6 Å². The fourth-order valence-electron chi connectivity index (χ4n) is 2.57. The van der Waals surface area contributed by atoms with E-state index in [-0.39, 0.29) is 17.5 Å². The molecule has 2 aromatic rings. The second kappa shape index (κ2) is 7.49.